The van der Waals surface area contributed by atoms with Crippen LogP contribution in [-0.4, -0.2) is 46.3 Å². The minimum atomic E-state index is -4.86. The molecule has 2 heterocycles. The first-order chi connectivity index (χ1) is 17.8. The molecule has 202 valence electrons. The Morgan fingerprint density at radius 2 is 1.11 bits per heavy atom. The molecule has 0 fully saturated rings. The molecule has 4 aromatic rings. The third-order valence-corrected chi connectivity index (χ3v) is 7.26. The number of rotatable bonds is 5. The highest BCUT2D eigenvalue weighted by Gasteiger charge is 2.37. The lowest BCUT2D eigenvalue weighted by atomic mass is 10.2. The Morgan fingerprint density at radius 1 is 0.737 bits per heavy atom. The van der Waals surface area contributed by atoms with Crippen LogP contribution in [0.1, 0.15) is 11.1 Å². The summed E-state index contributed by atoms with van der Waals surface area (Å²) in [5.74, 6) is -0.371. The molecule has 0 saturated carbocycles. The van der Waals surface area contributed by atoms with E-state index in [1.54, 1.807) is 0 Å². The maximum Gasteiger partial charge on any atom is 0.417 e. The van der Waals surface area contributed by atoms with E-state index in [-0.39, 0.29) is 34.0 Å². The number of hydrogen-bond acceptors (Lipinski definition) is 8. The monoisotopic (exact) mass is 580 g/mol. The maximum absolute atomic E-state index is 13.8. The van der Waals surface area contributed by atoms with Crippen molar-refractivity contribution >= 4 is 67.7 Å². The molecule has 38 heavy (non-hydrogen) atoms. The Bertz CT molecular complexity index is 1420. The fourth-order valence-electron chi connectivity index (χ4n) is 3.16. The number of ether oxygens (including phenoxy) is 2. The molecule has 0 saturated heterocycles. The van der Waals surface area contributed by atoms with E-state index in [1.165, 1.54) is 0 Å². The lowest BCUT2D eigenvalue weighted by molar-refractivity contribution is -0.140. The van der Waals surface area contributed by atoms with Crippen LogP contribution in [0.25, 0.3) is 22.1 Å². The molecule has 0 atom stereocenters. The lowest BCUT2D eigenvalue weighted by Crippen LogP contribution is -2.11. The number of carbonyl (C=O) groups is 2. The van der Waals surface area contributed by atoms with Crippen LogP contribution in [-0.2, 0) is 21.8 Å². The van der Waals surface area contributed by atoms with E-state index < -0.39 is 45.5 Å². The topological polar surface area (TPSA) is 134 Å². The third-order valence-electron chi connectivity index (χ3n) is 4.81. The van der Waals surface area contributed by atoms with Crippen molar-refractivity contribution in [2.45, 2.75) is 22.1 Å². The Hall–Kier alpha value is -3.80. The molecule has 2 aromatic carbocycles. The second-order valence-electron chi connectivity index (χ2n) is 7.30. The number of nitrogens with zero attached hydrogens (tertiary/aromatic N) is 2. The predicted octanol–water partition coefficient (Wildman–Crippen LogP) is 6.63. The number of H-pyrrole nitrogens is 2. The van der Waals surface area contributed by atoms with E-state index >= 15 is 0 Å². The van der Waals surface area contributed by atoms with Gasteiger partial charge in [0.25, 0.3) is 0 Å². The van der Waals surface area contributed by atoms with Crippen molar-refractivity contribution in [2.24, 2.45) is 0 Å². The molecular weight excluding hydrogens is 566 g/mol. The normalized spacial score (nSPS) is 12.1. The van der Waals surface area contributed by atoms with Gasteiger partial charge in [-0.1, -0.05) is 21.6 Å². The van der Waals surface area contributed by atoms with Gasteiger partial charge in [-0.05, 0) is 24.3 Å². The smallest absolute Gasteiger partial charge is 0.417 e. The van der Waals surface area contributed by atoms with Crippen LogP contribution >= 0.6 is 21.6 Å². The molecule has 0 aliphatic heterocycles. The summed E-state index contributed by atoms with van der Waals surface area (Å²) in [6.45, 7) is 0. The van der Waals surface area contributed by atoms with Gasteiger partial charge in [0, 0.05) is 9.79 Å². The first-order valence-corrected chi connectivity index (χ1v) is 12.2. The van der Waals surface area contributed by atoms with Crippen molar-refractivity contribution in [3.63, 3.8) is 0 Å². The van der Waals surface area contributed by atoms with Crippen LogP contribution in [0.3, 0.4) is 0 Å². The van der Waals surface area contributed by atoms with Gasteiger partial charge < -0.3 is 19.4 Å². The summed E-state index contributed by atoms with van der Waals surface area (Å²) in [6, 6.07) is 3.54. The van der Waals surface area contributed by atoms with Crippen LogP contribution in [0.5, 0.6) is 0 Å². The number of methoxy groups -OCH3 is 2. The van der Waals surface area contributed by atoms with Crippen molar-refractivity contribution < 1.29 is 45.4 Å². The number of anilines is 2. The van der Waals surface area contributed by atoms with Crippen LogP contribution in [0.15, 0.2) is 34.1 Å². The van der Waals surface area contributed by atoms with Crippen molar-refractivity contribution in [3.05, 3.63) is 35.4 Å². The molecule has 4 rings (SSSR count). The highest BCUT2D eigenvalue weighted by atomic mass is 33.1. The molecule has 18 heteroatoms. The molecule has 0 aliphatic carbocycles. The number of halogens is 6. The number of benzene rings is 2. The average molecular weight is 580 g/mol. The second-order valence-corrected chi connectivity index (χ2v) is 9.51. The summed E-state index contributed by atoms with van der Waals surface area (Å²) in [5.41, 5.74) is -2.37. The number of nitrogens with one attached hydrogen (secondary N) is 4. The van der Waals surface area contributed by atoms with Crippen molar-refractivity contribution in [3.8, 4) is 0 Å². The molecule has 0 aliphatic rings. The van der Waals surface area contributed by atoms with Crippen molar-refractivity contribution in [2.75, 3.05) is 24.9 Å². The minimum Gasteiger partial charge on any atom is -0.453 e. The second kappa shape index (κ2) is 10.2. The first kappa shape index (κ1) is 27.2. The molecule has 10 nitrogen and oxygen atoms in total. The predicted molar refractivity (Wildman–Crippen MR) is 126 cm³/mol. The Kier molecular flexibility index (Phi) is 7.29. The molecule has 0 unspecified atom stereocenters. The number of aromatic amines is 2. The van der Waals surface area contributed by atoms with Gasteiger partial charge in [0.2, 0.25) is 11.9 Å². The highest BCUT2D eigenvalue weighted by molar-refractivity contribution is 8.76. The molecule has 4 N–H and O–H groups in total. The molecular formula is C20H14F6N6O4S2. The van der Waals surface area contributed by atoms with Gasteiger partial charge in [-0.2, -0.15) is 26.3 Å². The number of alkyl halides is 6. The molecule has 0 radical (unpaired) electrons. The molecule has 2 amide bonds. The van der Waals surface area contributed by atoms with Gasteiger partial charge in [0.1, 0.15) is 0 Å². The largest absolute Gasteiger partial charge is 0.453 e. The van der Waals surface area contributed by atoms with E-state index in [9.17, 15) is 35.9 Å². The van der Waals surface area contributed by atoms with Gasteiger partial charge in [0.15, 0.2) is 0 Å². The Labute approximate surface area is 215 Å². The van der Waals surface area contributed by atoms with Crippen LogP contribution in [0.4, 0.5) is 47.8 Å². The fraction of sp³-hybridized carbons (Fsp3) is 0.200. The first-order valence-electron chi connectivity index (χ1n) is 10.0. The zero-order chi connectivity index (χ0) is 27.8. The van der Waals surface area contributed by atoms with E-state index in [4.69, 9.17) is 0 Å². The summed E-state index contributed by atoms with van der Waals surface area (Å²) in [4.78, 5) is 34.9. The number of aromatic nitrogens is 4. The Balaban J connectivity index is 1.71. The van der Waals surface area contributed by atoms with Gasteiger partial charge in [-0.15, -0.1) is 0 Å². The SMILES string of the molecule is COC(=O)Nc1nc2cc(SSc3cc4nc(NC(=O)OC)[nH]c4cc3C(F)(F)F)c(C(F)(F)F)cc2[nH]1. The number of amides is 2. The molecule has 0 bridgehead atoms. The van der Waals surface area contributed by atoms with E-state index in [0.717, 1.165) is 38.5 Å². The maximum atomic E-state index is 13.8. The summed E-state index contributed by atoms with van der Waals surface area (Å²) < 4.78 is 91.6. The quantitative estimate of drug-likeness (QED) is 0.153. The van der Waals surface area contributed by atoms with Crippen molar-refractivity contribution in [1.29, 1.82) is 0 Å². The molecule has 0 spiro atoms. The van der Waals surface area contributed by atoms with Crippen LogP contribution in [0.2, 0.25) is 0 Å². The standard InChI is InChI=1S/C20H14F6N6O4S2/c1-35-17(33)31-15-27-9-3-7(19(21,22)23)13(5-11(9)29-15)37-38-14-6-12-10(4-8(14)20(24,25)26)28-16(30-12)32-18(34)36-2/h3-6H,1-2H3,(H2,27,29,31,33)(H2,28,30,32,34). The van der Waals surface area contributed by atoms with Gasteiger partial charge >= 0.3 is 24.5 Å². The number of fused-ring (bicyclic) bond motifs is 2. The summed E-state index contributed by atoms with van der Waals surface area (Å²) >= 11 is 0. The van der Waals surface area contributed by atoms with Crippen molar-refractivity contribution in [1.82, 2.24) is 19.9 Å². The zero-order valence-electron chi connectivity index (χ0n) is 18.9. The van der Waals surface area contributed by atoms with Gasteiger partial charge in [-0.25, -0.2) is 19.6 Å². The van der Waals surface area contributed by atoms with Crippen LogP contribution in [0, 0.1) is 0 Å². The van der Waals surface area contributed by atoms with Gasteiger partial charge in [0.05, 0.1) is 47.4 Å². The fourth-order valence-corrected chi connectivity index (χ4v) is 5.55. The Morgan fingerprint density at radius 3 is 1.42 bits per heavy atom. The highest BCUT2D eigenvalue weighted by Crippen LogP contribution is 2.49. The number of hydrogen-bond donors (Lipinski definition) is 4. The van der Waals surface area contributed by atoms with E-state index in [1.807, 2.05) is 0 Å². The average Bonchev–Trinajstić information content (AvgIpc) is 3.41. The van der Waals surface area contributed by atoms with Gasteiger partial charge in [-0.3, -0.25) is 10.6 Å². The lowest BCUT2D eigenvalue weighted by Gasteiger charge is -2.14. The summed E-state index contributed by atoms with van der Waals surface area (Å²) in [7, 11) is 3.03. The van der Waals surface area contributed by atoms with E-state index in [2.05, 4.69) is 40.0 Å². The third kappa shape index (κ3) is 5.85. The van der Waals surface area contributed by atoms with E-state index in [0.29, 0.717) is 21.6 Å². The number of carbonyl (C=O) groups excluding carboxylic acids is 2. The minimum absolute atomic E-state index is 0.0184. The summed E-state index contributed by atoms with van der Waals surface area (Å²) in [6.07, 6.45) is -11.5. The molecule has 2 aromatic heterocycles. The zero-order valence-corrected chi connectivity index (χ0v) is 20.6. The van der Waals surface area contributed by atoms with Crippen LogP contribution < -0.4 is 10.6 Å². The number of imidazole rings is 2. The summed E-state index contributed by atoms with van der Waals surface area (Å²) in [5, 5.41) is 4.37.